The van der Waals surface area contributed by atoms with Crippen molar-refractivity contribution in [1.82, 2.24) is 14.1 Å². The van der Waals surface area contributed by atoms with Crippen molar-refractivity contribution in [3.05, 3.63) is 29.3 Å². The van der Waals surface area contributed by atoms with Gasteiger partial charge in [0.05, 0.1) is 4.90 Å². The number of piperidine rings is 1. The number of benzene rings is 1. The molecule has 1 unspecified atom stereocenters. The van der Waals surface area contributed by atoms with Crippen LogP contribution in [0.2, 0.25) is 0 Å². The molecule has 0 N–H and O–H groups in total. The van der Waals surface area contributed by atoms with E-state index in [9.17, 15) is 8.42 Å². The summed E-state index contributed by atoms with van der Waals surface area (Å²) in [4.78, 5) is 4.97. The topological polar surface area (TPSA) is 43.9 Å². The van der Waals surface area contributed by atoms with Crippen LogP contribution in [0, 0.1) is 13.8 Å². The Morgan fingerprint density at radius 3 is 2.52 bits per heavy atom. The summed E-state index contributed by atoms with van der Waals surface area (Å²) in [5, 5.41) is 0. The van der Waals surface area contributed by atoms with Gasteiger partial charge in [-0.3, -0.25) is 0 Å². The lowest BCUT2D eigenvalue weighted by Gasteiger charge is -2.37. The Labute approximate surface area is 153 Å². The van der Waals surface area contributed by atoms with Crippen molar-refractivity contribution >= 4 is 10.0 Å². The Kier molecular flexibility index (Phi) is 7.02. The smallest absolute Gasteiger partial charge is 0.243 e. The molecule has 1 aliphatic heterocycles. The number of aryl methyl sites for hydroxylation is 2. The molecule has 0 spiro atoms. The van der Waals surface area contributed by atoms with Gasteiger partial charge in [-0.2, -0.15) is 4.31 Å². The molecule has 0 amide bonds. The minimum absolute atomic E-state index is 0.302. The Hall–Kier alpha value is -0.950. The lowest BCUT2D eigenvalue weighted by Crippen LogP contribution is -2.49. The van der Waals surface area contributed by atoms with Crippen molar-refractivity contribution < 1.29 is 8.42 Å². The molecule has 6 heteroatoms. The highest BCUT2D eigenvalue weighted by atomic mass is 32.2. The summed E-state index contributed by atoms with van der Waals surface area (Å²) < 4.78 is 27.9. The number of likely N-dealkylation sites (N-methyl/N-ethyl adjacent to an activating group) is 1. The fourth-order valence-corrected chi connectivity index (χ4v) is 5.27. The van der Waals surface area contributed by atoms with Crippen molar-refractivity contribution in [1.29, 1.82) is 0 Å². The van der Waals surface area contributed by atoms with Gasteiger partial charge in [0, 0.05) is 19.1 Å². The lowest BCUT2D eigenvalue weighted by molar-refractivity contribution is 0.158. The molecule has 0 bridgehead atoms. The van der Waals surface area contributed by atoms with Crippen LogP contribution in [0.1, 0.15) is 30.4 Å². The van der Waals surface area contributed by atoms with Crippen LogP contribution in [0.25, 0.3) is 0 Å². The third kappa shape index (κ3) is 5.26. The maximum Gasteiger partial charge on any atom is 0.243 e. The lowest BCUT2D eigenvalue weighted by atomic mass is 10.1. The van der Waals surface area contributed by atoms with Crippen molar-refractivity contribution in [3.63, 3.8) is 0 Å². The summed E-state index contributed by atoms with van der Waals surface area (Å²) in [5.74, 6) is 0. The summed E-state index contributed by atoms with van der Waals surface area (Å²) >= 11 is 0. The van der Waals surface area contributed by atoms with Gasteiger partial charge in [0.15, 0.2) is 0 Å². The SMILES string of the molecule is Cc1ccc(S(=O)(=O)N2CCCC(N(C)CCCN(C)C)C2)c(C)c1. The Morgan fingerprint density at radius 2 is 1.88 bits per heavy atom. The van der Waals surface area contributed by atoms with E-state index < -0.39 is 10.0 Å². The van der Waals surface area contributed by atoms with Crippen LogP contribution in [-0.2, 0) is 10.0 Å². The molecule has 25 heavy (non-hydrogen) atoms. The van der Waals surface area contributed by atoms with Gasteiger partial charge in [0.2, 0.25) is 10.0 Å². The molecule has 1 fully saturated rings. The number of hydrogen-bond donors (Lipinski definition) is 0. The predicted molar refractivity (Wildman–Crippen MR) is 103 cm³/mol. The molecular weight excluding hydrogens is 334 g/mol. The summed E-state index contributed by atoms with van der Waals surface area (Å²) in [6.07, 6.45) is 3.09. The Bertz CT molecular complexity index is 673. The molecular formula is C19H33N3O2S. The minimum atomic E-state index is -3.41. The third-order valence-corrected chi connectivity index (χ3v) is 7.07. The molecule has 1 saturated heterocycles. The number of nitrogens with zero attached hydrogens (tertiary/aromatic N) is 3. The molecule has 142 valence electrons. The second kappa shape index (κ2) is 8.62. The molecule has 0 saturated carbocycles. The first-order chi connectivity index (χ1) is 11.7. The van der Waals surface area contributed by atoms with Crippen molar-refractivity contribution in [2.45, 2.75) is 44.0 Å². The molecule has 1 aliphatic rings. The Morgan fingerprint density at radius 1 is 1.16 bits per heavy atom. The standard InChI is InChI=1S/C19H33N3O2S/c1-16-9-10-19(17(2)14-16)25(23,24)22-13-6-8-18(15-22)21(5)12-7-11-20(3)4/h9-10,14,18H,6-8,11-13,15H2,1-5H3. The average molecular weight is 368 g/mol. The number of rotatable bonds is 7. The molecule has 0 radical (unpaired) electrons. The zero-order valence-electron chi connectivity index (χ0n) is 16.3. The second-order valence-electron chi connectivity index (χ2n) is 7.57. The van der Waals surface area contributed by atoms with Crippen LogP contribution >= 0.6 is 0 Å². The fraction of sp³-hybridized carbons (Fsp3) is 0.684. The van der Waals surface area contributed by atoms with E-state index in [1.807, 2.05) is 26.0 Å². The normalized spacial score (nSPS) is 19.7. The van der Waals surface area contributed by atoms with Crippen LogP contribution in [0.5, 0.6) is 0 Å². The van der Waals surface area contributed by atoms with Gasteiger partial charge in [0.1, 0.15) is 0 Å². The van der Waals surface area contributed by atoms with Gasteiger partial charge in [-0.1, -0.05) is 17.7 Å². The molecule has 1 heterocycles. The highest BCUT2D eigenvalue weighted by Gasteiger charge is 2.32. The van der Waals surface area contributed by atoms with E-state index >= 15 is 0 Å². The first-order valence-corrected chi connectivity index (χ1v) is 10.6. The summed E-state index contributed by atoms with van der Waals surface area (Å²) in [6, 6.07) is 5.89. The first-order valence-electron chi connectivity index (χ1n) is 9.14. The fourth-order valence-electron chi connectivity index (χ4n) is 3.55. The zero-order valence-corrected chi connectivity index (χ0v) is 17.1. The van der Waals surface area contributed by atoms with Gasteiger partial charge < -0.3 is 9.80 Å². The van der Waals surface area contributed by atoms with Crippen LogP contribution in [0.15, 0.2) is 23.1 Å². The van der Waals surface area contributed by atoms with E-state index in [-0.39, 0.29) is 0 Å². The van der Waals surface area contributed by atoms with E-state index in [0.717, 1.165) is 43.5 Å². The van der Waals surface area contributed by atoms with Crippen molar-refractivity contribution in [3.8, 4) is 0 Å². The summed E-state index contributed by atoms with van der Waals surface area (Å²) in [6.45, 7) is 7.14. The van der Waals surface area contributed by atoms with Gasteiger partial charge in [0.25, 0.3) is 0 Å². The Balaban J connectivity index is 2.06. The summed E-state index contributed by atoms with van der Waals surface area (Å²) in [7, 11) is 2.87. The maximum absolute atomic E-state index is 13.1. The molecule has 1 aromatic rings. The van der Waals surface area contributed by atoms with Crippen molar-refractivity contribution in [2.75, 3.05) is 47.3 Å². The van der Waals surface area contributed by atoms with Gasteiger partial charge in [-0.15, -0.1) is 0 Å². The van der Waals surface area contributed by atoms with E-state index in [0.29, 0.717) is 24.0 Å². The van der Waals surface area contributed by atoms with Gasteiger partial charge >= 0.3 is 0 Å². The van der Waals surface area contributed by atoms with E-state index in [1.54, 1.807) is 10.4 Å². The first kappa shape index (κ1) is 20.4. The van der Waals surface area contributed by atoms with Crippen LogP contribution in [0.3, 0.4) is 0 Å². The van der Waals surface area contributed by atoms with Crippen molar-refractivity contribution in [2.24, 2.45) is 0 Å². The minimum Gasteiger partial charge on any atom is -0.309 e. The highest BCUT2D eigenvalue weighted by Crippen LogP contribution is 2.25. The van der Waals surface area contributed by atoms with E-state index in [4.69, 9.17) is 0 Å². The molecule has 5 nitrogen and oxygen atoms in total. The zero-order chi connectivity index (χ0) is 18.6. The molecule has 0 aromatic heterocycles. The molecule has 1 atom stereocenters. The summed E-state index contributed by atoms with van der Waals surface area (Å²) in [5.41, 5.74) is 1.93. The maximum atomic E-state index is 13.1. The third-order valence-electron chi connectivity index (χ3n) is 5.05. The number of sulfonamides is 1. The van der Waals surface area contributed by atoms with Crippen LogP contribution in [0.4, 0.5) is 0 Å². The molecule has 0 aliphatic carbocycles. The second-order valence-corrected chi connectivity index (χ2v) is 9.47. The average Bonchev–Trinajstić information content (AvgIpc) is 2.54. The van der Waals surface area contributed by atoms with Gasteiger partial charge in [-0.25, -0.2) is 8.42 Å². The van der Waals surface area contributed by atoms with Crippen LogP contribution in [-0.4, -0.2) is 75.9 Å². The molecule has 1 aromatic carbocycles. The predicted octanol–water partition coefficient (Wildman–Crippen LogP) is 2.34. The van der Waals surface area contributed by atoms with E-state index in [2.05, 4.69) is 30.9 Å². The quantitative estimate of drug-likeness (QED) is 0.742. The van der Waals surface area contributed by atoms with Crippen LogP contribution < -0.4 is 0 Å². The van der Waals surface area contributed by atoms with Gasteiger partial charge in [-0.05, 0) is 79.0 Å². The monoisotopic (exact) mass is 367 g/mol. The number of hydrogen-bond acceptors (Lipinski definition) is 4. The molecule has 2 rings (SSSR count). The highest BCUT2D eigenvalue weighted by molar-refractivity contribution is 7.89. The largest absolute Gasteiger partial charge is 0.309 e. The van der Waals surface area contributed by atoms with E-state index in [1.165, 1.54) is 0 Å².